The smallest absolute Gasteiger partial charge is 0.265 e. The average molecular weight is 397 g/mol. The largest absolute Gasteiger partial charge is 0.309 e. The molecule has 0 atom stereocenters. The molecule has 0 fully saturated rings. The Kier molecular flexibility index (Phi) is 4.00. The minimum atomic E-state index is -0.102. The molecule has 1 N–H and O–H groups in total. The van der Waals surface area contributed by atoms with Gasteiger partial charge >= 0.3 is 0 Å². The number of anilines is 3. The van der Waals surface area contributed by atoms with E-state index in [0.29, 0.717) is 16.5 Å². The number of nitrogens with one attached hydrogen (secondary N) is 1. The monoisotopic (exact) mass is 397 g/mol. The van der Waals surface area contributed by atoms with Crippen molar-refractivity contribution in [3.8, 4) is 11.8 Å². The summed E-state index contributed by atoms with van der Waals surface area (Å²) in [7, 11) is 0. The van der Waals surface area contributed by atoms with Gasteiger partial charge in [0.25, 0.3) is 5.56 Å². The predicted molar refractivity (Wildman–Crippen MR) is 117 cm³/mol. The molecule has 0 amide bonds. The molecule has 1 aromatic heterocycles. The third-order valence-electron chi connectivity index (χ3n) is 5.04. The van der Waals surface area contributed by atoms with E-state index in [0.717, 1.165) is 28.3 Å². The lowest BCUT2D eigenvalue weighted by Crippen LogP contribution is -2.20. The highest BCUT2D eigenvalue weighted by molar-refractivity contribution is 8.02. The number of nitriles is 1. The van der Waals surface area contributed by atoms with Crippen molar-refractivity contribution in [3.05, 3.63) is 88.5 Å². The van der Waals surface area contributed by atoms with Gasteiger partial charge in [-0.05, 0) is 48.9 Å². The Morgan fingerprint density at radius 1 is 1.00 bits per heavy atom. The van der Waals surface area contributed by atoms with E-state index in [-0.39, 0.29) is 5.56 Å². The minimum Gasteiger partial charge on any atom is -0.309 e. The van der Waals surface area contributed by atoms with E-state index in [1.807, 2.05) is 59.8 Å². The van der Waals surface area contributed by atoms with Crippen molar-refractivity contribution in [2.45, 2.75) is 6.92 Å². The third kappa shape index (κ3) is 2.65. The van der Waals surface area contributed by atoms with Crippen LogP contribution in [0.5, 0.6) is 0 Å². The number of benzene rings is 3. The zero-order valence-electron chi connectivity index (χ0n) is 15.5. The van der Waals surface area contributed by atoms with Gasteiger partial charge < -0.3 is 4.72 Å². The van der Waals surface area contributed by atoms with Crippen molar-refractivity contribution in [2.75, 3.05) is 9.03 Å². The summed E-state index contributed by atoms with van der Waals surface area (Å²) >= 11 is 1.41. The number of rotatable bonds is 2. The van der Waals surface area contributed by atoms with Crippen molar-refractivity contribution in [2.24, 2.45) is 0 Å². The molecule has 4 aromatic rings. The molecule has 7 heteroatoms. The van der Waals surface area contributed by atoms with Crippen LogP contribution in [0.1, 0.15) is 11.1 Å². The molecule has 1 aliphatic rings. The van der Waals surface area contributed by atoms with Gasteiger partial charge in [-0.1, -0.05) is 24.3 Å². The lowest BCUT2D eigenvalue weighted by atomic mass is 10.1. The van der Waals surface area contributed by atoms with Gasteiger partial charge in [-0.3, -0.25) is 13.7 Å². The summed E-state index contributed by atoms with van der Waals surface area (Å²) in [4.78, 5) is 17.5. The highest BCUT2D eigenvalue weighted by Gasteiger charge is 2.26. The molecule has 29 heavy (non-hydrogen) atoms. The first-order valence-corrected chi connectivity index (χ1v) is 9.79. The molecular weight excluding hydrogens is 382 g/mol. The molecule has 0 saturated carbocycles. The summed E-state index contributed by atoms with van der Waals surface area (Å²) in [6, 6.07) is 21.0. The topological polar surface area (TPSA) is 74.0 Å². The van der Waals surface area contributed by atoms with Crippen LogP contribution in [-0.4, -0.2) is 9.55 Å². The minimum absolute atomic E-state index is 0.102. The van der Waals surface area contributed by atoms with E-state index in [1.54, 1.807) is 23.0 Å². The molecule has 0 spiro atoms. The van der Waals surface area contributed by atoms with E-state index >= 15 is 0 Å². The molecule has 1 aliphatic heterocycles. The Labute approximate surface area is 171 Å². The van der Waals surface area contributed by atoms with Crippen LogP contribution in [-0.2, 0) is 0 Å². The average Bonchev–Trinajstić information content (AvgIpc) is 3.19. The Balaban J connectivity index is 1.66. The molecule has 2 heterocycles. The molecule has 5 rings (SSSR count). The number of aromatic nitrogens is 2. The van der Waals surface area contributed by atoms with Crippen LogP contribution in [0.25, 0.3) is 16.6 Å². The number of hydrogen-bond acceptors (Lipinski definition) is 6. The van der Waals surface area contributed by atoms with Crippen molar-refractivity contribution < 1.29 is 0 Å². The molecule has 0 unspecified atom stereocenters. The van der Waals surface area contributed by atoms with Gasteiger partial charge in [0.2, 0.25) is 0 Å². The van der Waals surface area contributed by atoms with Crippen LogP contribution < -0.4 is 14.6 Å². The molecule has 0 saturated heterocycles. The number of para-hydroxylation sites is 2. The first-order valence-electron chi connectivity index (χ1n) is 9.01. The number of hydrogen-bond donors (Lipinski definition) is 1. The fraction of sp³-hybridized carbons (Fsp3) is 0.0455. The van der Waals surface area contributed by atoms with E-state index in [1.165, 1.54) is 12.1 Å². The summed E-state index contributed by atoms with van der Waals surface area (Å²) in [5.74, 6) is 0. The van der Waals surface area contributed by atoms with Gasteiger partial charge in [-0.25, -0.2) is 4.98 Å². The van der Waals surface area contributed by atoms with Crippen molar-refractivity contribution in [1.82, 2.24) is 9.55 Å². The van der Waals surface area contributed by atoms with Crippen LogP contribution >= 0.6 is 12.1 Å². The summed E-state index contributed by atoms with van der Waals surface area (Å²) < 4.78 is 6.85. The molecule has 140 valence electrons. The zero-order valence-corrected chi connectivity index (χ0v) is 16.3. The molecule has 0 aliphatic carbocycles. The Morgan fingerprint density at radius 2 is 1.76 bits per heavy atom. The van der Waals surface area contributed by atoms with E-state index in [9.17, 15) is 10.1 Å². The first kappa shape index (κ1) is 17.3. The van der Waals surface area contributed by atoms with E-state index in [4.69, 9.17) is 0 Å². The molecular formula is C22H15N5OS. The Morgan fingerprint density at radius 3 is 2.62 bits per heavy atom. The lowest BCUT2D eigenvalue weighted by Gasteiger charge is -2.21. The van der Waals surface area contributed by atoms with Gasteiger partial charge in [-0.15, -0.1) is 0 Å². The second kappa shape index (κ2) is 6.69. The predicted octanol–water partition coefficient (Wildman–Crippen LogP) is 4.69. The number of nitrogens with zero attached hydrogens (tertiary/aromatic N) is 4. The maximum atomic E-state index is 13.1. The van der Waals surface area contributed by atoms with Crippen LogP contribution in [0.3, 0.4) is 0 Å². The maximum Gasteiger partial charge on any atom is 0.265 e. The second-order valence-corrected chi connectivity index (χ2v) is 7.41. The SMILES string of the molecule is Cc1c(N2SNc3c(C#N)cccc32)cccc1-n1cnc2ccccc2c1=O. The summed E-state index contributed by atoms with van der Waals surface area (Å²) in [5, 5.41) is 9.94. The fourth-order valence-electron chi connectivity index (χ4n) is 3.56. The first-order chi connectivity index (χ1) is 14.2. The fourth-order valence-corrected chi connectivity index (χ4v) is 4.51. The quantitative estimate of drug-likeness (QED) is 0.495. The normalized spacial score (nSPS) is 12.5. The molecule has 6 nitrogen and oxygen atoms in total. The lowest BCUT2D eigenvalue weighted by molar-refractivity contribution is 0.952. The van der Waals surface area contributed by atoms with Gasteiger partial charge in [-0.2, -0.15) is 5.26 Å². The van der Waals surface area contributed by atoms with Crippen LogP contribution in [0.15, 0.2) is 71.8 Å². The van der Waals surface area contributed by atoms with E-state index < -0.39 is 0 Å². The Hall–Kier alpha value is -3.76. The highest BCUT2D eigenvalue weighted by atomic mass is 32.2. The second-order valence-electron chi connectivity index (χ2n) is 6.66. The molecule has 0 radical (unpaired) electrons. The van der Waals surface area contributed by atoms with Crippen LogP contribution in [0, 0.1) is 18.3 Å². The summed E-state index contributed by atoms with van der Waals surface area (Å²) in [6.45, 7) is 1.99. The molecule has 0 bridgehead atoms. The van der Waals surface area contributed by atoms with E-state index in [2.05, 4.69) is 15.8 Å². The summed E-state index contributed by atoms with van der Waals surface area (Å²) in [5.41, 5.74) is 5.55. The van der Waals surface area contributed by atoms with Crippen LogP contribution in [0.2, 0.25) is 0 Å². The highest BCUT2D eigenvalue weighted by Crippen LogP contribution is 2.47. The number of fused-ring (bicyclic) bond motifs is 2. The zero-order chi connectivity index (χ0) is 20.0. The van der Waals surface area contributed by atoms with Crippen molar-refractivity contribution in [1.29, 1.82) is 5.26 Å². The van der Waals surface area contributed by atoms with Gasteiger partial charge in [0, 0.05) is 0 Å². The standard InChI is InChI=1S/C22H15N5OS/c1-14-18(26-13-24-17-8-3-2-7-16(17)22(26)28)9-5-10-19(14)27-20-11-4-6-15(12-23)21(20)25-29-27/h2-11,13,25H,1H3. The van der Waals surface area contributed by atoms with Crippen molar-refractivity contribution >= 4 is 40.1 Å². The third-order valence-corrected chi connectivity index (χ3v) is 5.91. The molecule has 3 aromatic carbocycles. The van der Waals surface area contributed by atoms with Gasteiger partial charge in [0.1, 0.15) is 12.4 Å². The van der Waals surface area contributed by atoms with Crippen LogP contribution in [0.4, 0.5) is 17.1 Å². The maximum absolute atomic E-state index is 13.1. The van der Waals surface area contributed by atoms with Gasteiger partial charge in [0.15, 0.2) is 0 Å². The van der Waals surface area contributed by atoms with Crippen molar-refractivity contribution in [3.63, 3.8) is 0 Å². The Bertz CT molecular complexity index is 1370. The van der Waals surface area contributed by atoms with Gasteiger partial charge in [0.05, 0.1) is 51.3 Å². The summed E-state index contributed by atoms with van der Waals surface area (Å²) in [6.07, 6.45) is 1.58.